The molecule has 0 bridgehead atoms. The molecule has 7 heteroatoms. The fraction of sp³-hybridized carbons (Fsp3) is 0.500. The van der Waals surface area contributed by atoms with E-state index >= 15 is 0 Å². The van der Waals surface area contributed by atoms with E-state index < -0.39 is 35.7 Å². The SMILES string of the molecule is Cc1c(O)cccc1C(=O)N[C@@H](Cc1ccccc1)C(=O)C(O)C1CCC2(CCCC2)[C@@H]1C(=O)NC1=CCCCC1. The highest BCUT2D eigenvalue weighted by atomic mass is 16.3. The van der Waals surface area contributed by atoms with E-state index in [0.717, 1.165) is 69.0 Å². The Bertz CT molecular complexity index is 1300. The number of phenols is 1. The van der Waals surface area contributed by atoms with Gasteiger partial charge in [0.05, 0.1) is 6.04 Å². The zero-order chi connectivity index (χ0) is 29.0. The quantitative estimate of drug-likeness (QED) is 0.341. The Morgan fingerprint density at radius 3 is 2.44 bits per heavy atom. The number of Topliss-reactive ketones (excluding diaryl/α,β-unsaturated/α-hetero) is 1. The van der Waals surface area contributed by atoms with Crippen molar-refractivity contribution in [3.8, 4) is 5.75 Å². The van der Waals surface area contributed by atoms with E-state index in [-0.39, 0.29) is 29.1 Å². The van der Waals surface area contributed by atoms with E-state index in [1.54, 1.807) is 19.1 Å². The summed E-state index contributed by atoms with van der Waals surface area (Å²) in [6, 6.07) is 13.1. The largest absolute Gasteiger partial charge is 0.508 e. The van der Waals surface area contributed by atoms with Gasteiger partial charge >= 0.3 is 0 Å². The number of hydrogen-bond acceptors (Lipinski definition) is 5. The second-order valence-electron chi connectivity index (χ2n) is 12.2. The van der Waals surface area contributed by atoms with E-state index in [4.69, 9.17) is 0 Å². The molecule has 4 atom stereocenters. The molecular formula is C34H42N2O5. The molecule has 218 valence electrons. The number of carbonyl (C=O) groups is 3. The molecule has 2 fully saturated rings. The number of nitrogens with one attached hydrogen (secondary N) is 2. The Balaban J connectivity index is 1.40. The number of aliphatic hydroxyl groups excluding tert-OH is 1. The van der Waals surface area contributed by atoms with Gasteiger partial charge < -0.3 is 20.8 Å². The fourth-order valence-electron chi connectivity index (χ4n) is 7.47. The van der Waals surface area contributed by atoms with Crippen molar-refractivity contribution >= 4 is 17.6 Å². The lowest BCUT2D eigenvalue weighted by Crippen LogP contribution is -2.51. The number of rotatable bonds is 9. The third kappa shape index (κ3) is 6.25. The van der Waals surface area contributed by atoms with Crippen LogP contribution in [0.15, 0.2) is 60.3 Å². The van der Waals surface area contributed by atoms with Crippen LogP contribution < -0.4 is 10.6 Å². The number of allylic oxidation sites excluding steroid dienone is 2. The molecular weight excluding hydrogens is 516 g/mol. The van der Waals surface area contributed by atoms with Crippen molar-refractivity contribution in [3.63, 3.8) is 0 Å². The lowest BCUT2D eigenvalue weighted by atomic mass is 9.71. The molecule has 0 aromatic heterocycles. The molecule has 0 radical (unpaired) electrons. The number of benzene rings is 2. The molecule has 4 N–H and O–H groups in total. The third-order valence-electron chi connectivity index (χ3n) is 9.70. The molecule has 1 spiro atoms. The van der Waals surface area contributed by atoms with Crippen LogP contribution in [-0.4, -0.2) is 40.0 Å². The first-order chi connectivity index (χ1) is 19.8. The lowest BCUT2D eigenvalue weighted by molar-refractivity contribution is -0.137. The maximum Gasteiger partial charge on any atom is 0.252 e. The van der Waals surface area contributed by atoms with Crippen molar-refractivity contribution in [2.24, 2.45) is 17.3 Å². The van der Waals surface area contributed by atoms with Gasteiger partial charge in [-0.25, -0.2) is 0 Å². The van der Waals surface area contributed by atoms with Crippen molar-refractivity contribution in [2.75, 3.05) is 0 Å². The Hall–Kier alpha value is -3.45. The first kappa shape index (κ1) is 29.1. The van der Waals surface area contributed by atoms with Crippen molar-refractivity contribution in [1.29, 1.82) is 0 Å². The minimum atomic E-state index is -1.38. The van der Waals surface area contributed by atoms with Gasteiger partial charge in [-0.1, -0.05) is 55.3 Å². The van der Waals surface area contributed by atoms with Gasteiger partial charge in [-0.05, 0) is 87.8 Å². The monoisotopic (exact) mass is 558 g/mol. The van der Waals surface area contributed by atoms with Crippen molar-refractivity contribution in [2.45, 2.75) is 89.7 Å². The predicted molar refractivity (Wildman–Crippen MR) is 157 cm³/mol. The maximum atomic E-state index is 14.1. The van der Waals surface area contributed by atoms with Gasteiger partial charge in [0.1, 0.15) is 11.9 Å². The Morgan fingerprint density at radius 1 is 0.976 bits per heavy atom. The highest BCUT2D eigenvalue weighted by Gasteiger charge is 2.56. The summed E-state index contributed by atoms with van der Waals surface area (Å²) >= 11 is 0. The van der Waals surface area contributed by atoms with Crippen molar-refractivity contribution in [1.82, 2.24) is 10.6 Å². The highest BCUT2D eigenvalue weighted by Crippen LogP contribution is 2.57. The summed E-state index contributed by atoms with van der Waals surface area (Å²) in [4.78, 5) is 41.2. The summed E-state index contributed by atoms with van der Waals surface area (Å²) in [5, 5.41) is 27.8. The third-order valence-corrected chi connectivity index (χ3v) is 9.70. The number of phenolic OH excluding ortho intramolecular Hbond substituents is 1. The molecule has 0 heterocycles. The van der Waals surface area contributed by atoms with E-state index in [0.29, 0.717) is 12.0 Å². The predicted octanol–water partition coefficient (Wildman–Crippen LogP) is 5.13. The second kappa shape index (κ2) is 12.6. The Morgan fingerprint density at radius 2 is 1.73 bits per heavy atom. The number of hydrogen-bond donors (Lipinski definition) is 4. The molecule has 2 aromatic rings. The average Bonchev–Trinajstić information content (AvgIpc) is 3.61. The summed E-state index contributed by atoms with van der Waals surface area (Å²) < 4.78 is 0. The standard InChI is InChI=1S/C34H42N2O5/c1-22-25(15-10-16-28(22)37)32(40)36-27(21-23-11-4-2-5-12-23)31(39)30(38)26-17-20-34(18-8-9-19-34)29(26)33(41)35-24-13-6-3-7-14-24/h2,4-5,10-13,15-16,26-27,29-30,37-38H,3,6-9,14,17-21H2,1H3,(H,35,41)(H,36,40)/t26?,27-,29-,30?/m0/s1. The molecule has 7 nitrogen and oxygen atoms in total. The molecule has 41 heavy (non-hydrogen) atoms. The van der Waals surface area contributed by atoms with Crippen LogP contribution >= 0.6 is 0 Å². The van der Waals surface area contributed by atoms with Crippen LogP contribution in [0.1, 0.15) is 85.7 Å². The van der Waals surface area contributed by atoms with Crippen molar-refractivity contribution < 1.29 is 24.6 Å². The van der Waals surface area contributed by atoms with Gasteiger partial charge in [0, 0.05) is 28.7 Å². The molecule has 3 aliphatic carbocycles. The summed E-state index contributed by atoms with van der Waals surface area (Å²) in [6.07, 6.45) is 10.3. The van der Waals surface area contributed by atoms with Gasteiger partial charge in [0.15, 0.2) is 5.78 Å². The van der Waals surface area contributed by atoms with Crippen LogP contribution in [0.5, 0.6) is 5.75 Å². The number of aliphatic hydroxyl groups is 1. The molecule has 3 aliphatic rings. The molecule has 2 unspecified atom stereocenters. The Kier molecular flexibility index (Phi) is 8.93. The van der Waals surface area contributed by atoms with E-state index in [1.807, 2.05) is 30.3 Å². The molecule has 5 rings (SSSR count). The van der Waals surface area contributed by atoms with Crippen LogP contribution in [0, 0.1) is 24.2 Å². The average molecular weight is 559 g/mol. The molecule has 2 aromatic carbocycles. The second-order valence-corrected chi connectivity index (χ2v) is 12.2. The minimum Gasteiger partial charge on any atom is -0.508 e. The summed E-state index contributed by atoms with van der Waals surface area (Å²) in [7, 11) is 0. The maximum absolute atomic E-state index is 14.1. The lowest BCUT2D eigenvalue weighted by Gasteiger charge is -2.35. The molecule has 2 amide bonds. The topological polar surface area (TPSA) is 116 Å². The van der Waals surface area contributed by atoms with Gasteiger partial charge in [-0.15, -0.1) is 0 Å². The number of carbonyl (C=O) groups excluding carboxylic acids is 3. The normalized spacial score (nSPS) is 23.0. The summed E-state index contributed by atoms with van der Waals surface area (Å²) in [6.45, 7) is 1.65. The van der Waals surface area contributed by atoms with Crippen molar-refractivity contribution in [3.05, 3.63) is 77.0 Å². The number of aromatic hydroxyl groups is 1. The van der Waals surface area contributed by atoms with E-state index in [9.17, 15) is 24.6 Å². The van der Waals surface area contributed by atoms with Crippen LogP contribution in [0.2, 0.25) is 0 Å². The minimum absolute atomic E-state index is 0.00151. The van der Waals surface area contributed by atoms with Gasteiger partial charge in [0.25, 0.3) is 5.91 Å². The van der Waals surface area contributed by atoms with E-state index in [1.165, 1.54) is 6.07 Å². The Labute approximate surface area is 242 Å². The zero-order valence-corrected chi connectivity index (χ0v) is 23.9. The van der Waals surface area contributed by atoms with Gasteiger partial charge in [-0.3, -0.25) is 14.4 Å². The van der Waals surface area contributed by atoms with Crippen LogP contribution in [0.3, 0.4) is 0 Å². The van der Waals surface area contributed by atoms with Crippen LogP contribution in [-0.2, 0) is 16.0 Å². The van der Waals surface area contributed by atoms with Crippen LogP contribution in [0.4, 0.5) is 0 Å². The highest BCUT2D eigenvalue weighted by molar-refractivity contribution is 6.00. The summed E-state index contributed by atoms with van der Waals surface area (Å²) in [5.41, 5.74) is 2.31. The molecule has 2 saturated carbocycles. The van der Waals surface area contributed by atoms with Crippen LogP contribution in [0.25, 0.3) is 0 Å². The first-order valence-corrected chi connectivity index (χ1v) is 15.1. The zero-order valence-electron chi connectivity index (χ0n) is 23.9. The van der Waals surface area contributed by atoms with E-state index in [2.05, 4.69) is 16.7 Å². The summed E-state index contributed by atoms with van der Waals surface area (Å²) in [5.74, 6) is -2.01. The molecule has 0 saturated heterocycles. The number of ketones is 1. The molecule has 0 aliphatic heterocycles. The van der Waals surface area contributed by atoms with Gasteiger partial charge in [0.2, 0.25) is 5.91 Å². The first-order valence-electron chi connectivity index (χ1n) is 15.1. The number of amides is 2. The van der Waals surface area contributed by atoms with Gasteiger partial charge in [-0.2, -0.15) is 0 Å². The smallest absolute Gasteiger partial charge is 0.252 e. The fourth-order valence-corrected chi connectivity index (χ4v) is 7.47.